The first-order chi connectivity index (χ1) is 11.9. The second-order valence-corrected chi connectivity index (χ2v) is 5.51. The zero-order valence-corrected chi connectivity index (χ0v) is 13.8. The third-order valence-corrected chi connectivity index (χ3v) is 3.44. The van der Waals surface area contributed by atoms with Gasteiger partial charge >= 0.3 is 11.8 Å². The van der Waals surface area contributed by atoms with E-state index in [9.17, 15) is 18.4 Å². The number of hydrogen-bond acceptors (Lipinski definition) is 3. The molecule has 0 radical (unpaired) electrons. The Morgan fingerprint density at radius 2 is 1.88 bits per heavy atom. The first kappa shape index (κ1) is 18.4. The minimum absolute atomic E-state index is 0.262. The summed E-state index contributed by atoms with van der Waals surface area (Å²) in [6.07, 6.45) is 0.487. The summed E-state index contributed by atoms with van der Waals surface area (Å²) >= 11 is 0. The maximum atomic E-state index is 13.5. The Morgan fingerprint density at radius 1 is 1.12 bits per heavy atom. The van der Waals surface area contributed by atoms with Gasteiger partial charge in [-0.3, -0.25) is 9.59 Å². The molecule has 2 aromatic carbocycles. The number of benzene rings is 2. The topological polar surface area (TPSA) is 67.4 Å². The number of methoxy groups -OCH3 is 1. The van der Waals surface area contributed by atoms with Crippen molar-refractivity contribution in [1.29, 1.82) is 0 Å². The molecule has 0 saturated carbocycles. The van der Waals surface area contributed by atoms with Crippen molar-refractivity contribution in [3.05, 3.63) is 59.7 Å². The van der Waals surface area contributed by atoms with Gasteiger partial charge in [0.05, 0.1) is 12.8 Å². The third kappa shape index (κ3) is 5.27. The van der Waals surface area contributed by atoms with Crippen LogP contribution in [0.1, 0.15) is 12.5 Å². The van der Waals surface area contributed by atoms with Gasteiger partial charge in [-0.05, 0) is 43.2 Å². The zero-order chi connectivity index (χ0) is 18.4. The van der Waals surface area contributed by atoms with E-state index < -0.39 is 23.4 Å². The van der Waals surface area contributed by atoms with Crippen molar-refractivity contribution in [2.75, 3.05) is 12.4 Å². The molecule has 2 aromatic rings. The minimum atomic E-state index is -1.02. The van der Waals surface area contributed by atoms with Crippen LogP contribution in [-0.2, 0) is 16.0 Å². The molecule has 1 atom stereocenters. The first-order valence-corrected chi connectivity index (χ1v) is 7.59. The van der Waals surface area contributed by atoms with Gasteiger partial charge < -0.3 is 15.4 Å². The maximum Gasteiger partial charge on any atom is 0.313 e. The summed E-state index contributed by atoms with van der Waals surface area (Å²) in [5, 5.41) is 4.64. The summed E-state index contributed by atoms with van der Waals surface area (Å²) in [5.74, 6) is -2.96. The van der Waals surface area contributed by atoms with Gasteiger partial charge in [0.25, 0.3) is 0 Å². The molecule has 25 heavy (non-hydrogen) atoms. The van der Waals surface area contributed by atoms with Crippen LogP contribution in [0.3, 0.4) is 0 Å². The predicted octanol–water partition coefficient (Wildman–Crippen LogP) is 2.66. The number of hydrogen-bond donors (Lipinski definition) is 2. The summed E-state index contributed by atoms with van der Waals surface area (Å²) in [6, 6.07) is 9.67. The fraction of sp³-hybridized carbons (Fsp3) is 0.222. The standard InChI is InChI=1S/C18H18F2N2O3/c1-11(8-12-4-3-5-14(9-12)25-2)21-17(23)18(24)22-16-7-6-13(19)10-15(16)20/h3-7,9-11H,8H2,1-2H3,(H,21,23)(H,22,24)/t11-/m0/s1. The number of carbonyl (C=O) groups excluding carboxylic acids is 2. The van der Waals surface area contributed by atoms with E-state index >= 15 is 0 Å². The molecule has 0 spiro atoms. The Bertz CT molecular complexity index is 781. The van der Waals surface area contributed by atoms with E-state index in [1.54, 1.807) is 20.1 Å². The minimum Gasteiger partial charge on any atom is -0.497 e. The molecule has 0 aliphatic carbocycles. The molecule has 0 aromatic heterocycles. The highest BCUT2D eigenvalue weighted by Crippen LogP contribution is 2.15. The lowest BCUT2D eigenvalue weighted by atomic mass is 10.1. The van der Waals surface area contributed by atoms with Crippen molar-refractivity contribution in [3.63, 3.8) is 0 Å². The molecule has 2 N–H and O–H groups in total. The average molecular weight is 348 g/mol. The molecule has 5 nitrogen and oxygen atoms in total. The molecule has 0 unspecified atom stereocenters. The molecule has 0 bridgehead atoms. The monoisotopic (exact) mass is 348 g/mol. The molecule has 0 aliphatic rings. The maximum absolute atomic E-state index is 13.5. The SMILES string of the molecule is COc1cccc(C[C@H](C)NC(=O)C(=O)Nc2ccc(F)cc2F)c1. The second-order valence-electron chi connectivity index (χ2n) is 5.51. The molecule has 0 heterocycles. The molecule has 0 fully saturated rings. The predicted molar refractivity (Wildman–Crippen MR) is 89.3 cm³/mol. The Morgan fingerprint density at radius 3 is 2.56 bits per heavy atom. The molecule has 2 rings (SSSR count). The Hall–Kier alpha value is -2.96. The van der Waals surface area contributed by atoms with Crippen LogP contribution in [0.15, 0.2) is 42.5 Å². The number of carbonyl (C=O) groups is 2. The van der Waals surface area contributed by atoms with Crippen molar-refractivity contribution in [2.24, 2.45) is 0 Å². The molecule has 7 heteroatoms. The summed E-state index contributed by atoms with van der Waals surface area (Å²) < 4.78 is 31.5. The molecular weight excluding hydrogens is 330 g/mol. The van der Waals surface area contributed by atoms with Crippen LogP contribution in [0, 0.1) is 11.6 Å². The number of rotatable bonds is 5. The van der Waals surface area contributed by atoms with Crippen LogP contribution < -0.4 is 15.4 Å². The van der Waals surface area contributed by atoms with Crippen molar-refractivity contribution in [2.45, 2.75) is 19.4 Å². The van der Waals surface area contributed by atoms with Gasteiger partial charge in [0.2, 0.25) is 0 Å². The van der Waals surface area contributed by atoms with Gasteiger partial charge in [0.1, 0.15) is 17.4 Å². The van der Waals surface area contributed by atoms with Crippen molar-refractivity contribution < 1.29 is 23.1 Å². The second kappa shape index (κ2) is 8.23. The lowest BCUT2D eigenvalue weighted by Gasteiger charge is -2.14. The van der Waals surface area contributed by atoms with Crippen LogP contribution in [-0.4, -0.2) is 25.0 Å². The third-order valence-electron chi connectivity index (χ3n) is 3.44. The summed E-state index contributed by atoms with van der Waals surface area (Å²) in [5.41, 5.74) is 0.666. The van der Waals surface area contributed by atoms with E-state index in [-0.39, 0.29) is 11.7 Å². The summed E-state index contributed by atoms with van der Waals surface area (Å²) in [4.78, 5) is 23.7. The van der Waals surface area contributed by atoms with E-state index in [0.717, 1.165) is 17.7 Å². The zero-order valence-electron chi connectivity index (χ0n) is 13.8. The Labute approximate surface area is 144 Å². The largest absolute Gasteiger partial charge is 0.497 e. The smallest absolute Gasteiger partial charge is 0.313 e. The van der Waals surface area contributed by atoms with Crippen LogP contribution in [0.5, 0.6) is 5.75 Å². The van der Waals surface area contributed by atoms with Crippen LogP contribution >= 0.6 is 0 Å². The first-order valence-electron chi connectivity index (χ1n) is 7.59. The number of ether oxygens (including phenoxy) is 1. The van der Waals surface area contributed by atoms with Crippen molar-refractivity contribution in [3.8, 4) is 5.75 Å². The summed E-state index contributed by atoms with van der Waals surface area (Å²) in [6.45, 7) is 1.74. The number of anilines is 1. The quantitative estimate of drug-likeness (QED) is 0.817. The molecule has 132 valence electrons. The highest BCUT2D eigenvalue weighted by molar-refractivity contribution is 6.39. The fourth-order valence-corrected chi connectivity index (χ4v) is 2.26. The van der Waals surface area contributed by atoms with Gasteiger partial charge in [-0.15, -0.1) is 0 Å². The molecule has 0 aliphatic heterocycles. The van der Waals surface area contributed by atoms with E-state index in [1.165, 1.54) is 0 Å². The molecule has 2 amide bonds. The summed E-state index contributed by atoms with van der Waals surface area (Å²) in [7, 11) is 1.56. The average Bonchev–Trinajstić information content (AvgIpc) is 2.57. The lowest BCUT2D eigenvalue weighted by Crippen LogP contribution is -2.41. The van der Waals surface area contributed by atoms with Crippen molar-refractivity contribution in [1.82, 2.24) is 5.32 Å². The van der Waals surface area contributed by atoms with E-state index in [0.29, 0.717) is 18.2 Å². The van der Waals surface area contributed by atoms with Gasteiger partial charge in [-0.1, -0.05) is 12.1 Å². The van der Waals surface area contributed by atoms with Crippen LogP contribution in [0.4, 0.5) is 14.5 Å². The normalized spacial score (nSPS) is 11.5. The van der Waals surface area contributed by atoms with Gasteiger partial charge in [-0.25, -0.2) is 8.78 Å². The Kier molecular flexibility index (Phi) is 6.05. The molecule has 0 saturated heterocycles. The van der Waals surface area contributed by atoms with Gasteiger partial charge in [0, 0.05) is 12.1 Å². The highest BCUT2D eigenvalue weighted by Gasteiger charge is 2.18. The molecular formula is C18H18F2N2O3. The van der Waals surface area contributed by atoms with Crippen LogP contribution in [0.25, 0.3) is 0 Å². The Balaban J connectivity index is 1.92. The van der Waals surface area contributed by atoms with E-state index in [2.05, 4.69) is 10.6 Å². The van der Waals surface area contributed by atoms with Gasteiger partial charge in [0.15, 0.2) is 0 Å². The van der Waals surface area contributed by atoms with E-state index in [1.807, 2.05) is 18.2 Å². The van der Waals surface area contributed by atoms with Crippen LogP contribution in [0.2, 0.25) is 0 Å². The highest BCUT2D eigenvalue weighted by atomic mass is 19.1. The van der Waals surface area contributed by atoms with Crippen molar-refractivity contribution >= 4 is 17.5 Å². The fourth-order valence-electron chi connectivity index (χ4n) is 2.26. The van der Waals surface area contributed by atoms with Gasteiger partial charge in [-0.2, -0.15) is 0 Å². The lowest BCUT2D eigenvalue weighted by molar-refractivity contribution is -0.136. The van der Waals surface area contributed by atoms with E-state index in [4.69, 9.17) is 4.74 Å². The number of nitrogens with one attached hydrogen (secondary N) is 2. The number of amides is 2. The number of halogens is 2.